The van der Waals surface area contributed by atoms with Crippen molar-refractivity contribution in [3.8, 4) is 0 Å². The lowest BCUT2D eigenvalue weighted by molar-refractivity contribution is 0.101. The second-order valence-electron chi connectivity index (χ2n) is 6.08. The Labute approximate surface area is 140 Å². The van der Waals surface area contributed by atoms with Gasteiger partial charge in [0.1, 0.15) is 5.69 Å². The van der Waals surface area contributed by atoms with E-state index in [1.807, 2.05) is 39.0 Å². The van der Waals surface area contributed by atoms with Gasteiger partial charge in [0.05, 0.1) is 0 Å². The molecular formula is C19H19N3O2. The number of aromatic nitrogens is 2. The normalized spacial score (nSPS) is 11.0. The first-order valence-corrected chi connectivity index (χ1v) is 7.84. The van der Waals surface area contributed by atoms with Crippen molar-refractivity contribution < 1.29 is 4.79 Å². The van der Waals surface area contributed by atoms with Gasteiger partial charge in [0.25, 0.3) is 11.5 Å². The lowest BCUT2D eigenvalue weighted by Gasteiger charge is -2.17. The van der Waals surface area contributed by atoms with Gasteiger partial charge in [-0.2, -0.15) is 0 Å². The van der Waals surface area contributed by atoms with E-state index in [0.29, 0.717) is 16.8 Å². The molecule has 2 heterocycles. The zero-order valence-corrected chi connectivity index (χ0v) is 13.9. The maximum Gasteiger partial charge on any atom is 0.272 e. The molecule has 5 nitrogen and oxygen atoms in total. The summed E-state index contributed by atoms with van der Waals surface area (Å²) < 4.78 is 1.54. The van der Waals surface area contributed by atoms with E-state index < -0.39 is 0 Å². The van der Waals surface area contributed by atoms with Crippen LogP contribution < -0.4 is 10.9 Å². The van der Waals surface area contributed by atoms with Crippen molar-refractivity contribution in [3.63, 3.8) is 0 Å². The summed E-state index contributed by atoms with van der Waals surface area (Å²) in [5.41, 5.74) is 1.86. The molecule has 0 atom stereocenters. The molecule has 1 N–H and O–H groups in total. The number of nitrogens with zero attached hydrogens (tertiary/aromatic N) is 2. The van der Waals surface area contributed by atoms with Crippen LogP contribution in [0.15, 0.2) is 53.6 Å². The molecule has 0 unspecified atom stereocenters. The van der Waals surface area contributed by atoms with Gasteiger partial charge in [0.15, 0.2) is 0 Å². The standard InChI is InChI=1S/C19H19N3O2/c1-12(2)22-17(18(23)21-15-6-8-20-9-7-15)11-14-5-4-13(3)10-16(14)19(22)24/h4-12H,1-3H3,(H,20,21,23). The number of anilines is 1. The predicted octanol–water partition coefficient (Wildman–Crippen LogP) is 3.54. The van der Waals surface area contributed by atoms with Crippen LogP contribution in [0.4, 0.5) is 5.69 Å². The average Bonchev–Trinajstić information content (AvgIpc) is 2.55. The smallest absolute Gasteiger partial charge is 0.272 e. The predicted molar refractivity (Wildman–Crippen MR) is 95.5 cm³/mol. The number of pyridine rings is 2. The Morgan fingerprint density at radius 2 is 1.83 bits per heavy atom. The monoisotopic (exact) mass is 321 g/mol. The number of aryl methyl sites for hydroxylation is 1. The van der Waals surface area contributed by atoms with E-state index in [1.54, 1.807) is 30.6 Å². The molecule has 0 fully saturated rings. The number of hydrogen-bond donors (Lipinski definition) is 1. The Bertz CT molecular complexity index is 960. The van der Waals surface area contributed by atoms with Crippen molar-refractivity contribution in [1.82, 2.24) is 9.55 Å². The number of carbonyl (C=O) groups is 1. The fourth-order valence-electron chi connectivity index (χ4n) is 2.76. The van der Waals surface area contributed by atoms with Crippen LogP contribution in [0.3, 0.4) is 0 Å². The molecule has 1 aromatic carbocycles. The summed E-state index contributed by atoms with van der Waals surface area (Å²) in [6, 6.07) is 10.7. The molecule has 0 saturated carbocycles. The lowest BCUT2D eigenvalue weighted by atomic mass is 10.1. The Morgan fingerprint density at radius 3 is 2.50 bits per heavy atom. The van der Waals surface area contributed by atoms with Gasteiger partial charge >= 0.3 is 0 Å². The van der Waals surface area contributed by atoms with Crippen molar-refractivity contribution in [2.24, 2.45) is 0 Å². The number of carbonyl (C=O) groups excluding carboxylic acids is 1. The van der Waals surface area contributed by atoms with E-state index >= 15 is 0 Å². The van der Waals surface area contributed by atoms with Gasteiger partial charge in [0, 0.05) is 29.5 Å². The molecule has 0 saturated heterocycles. The highest BCUT2D eigenvalue weighted by molar-refractivity contribution is 6.05. The van der Waals surface area contributed by atoms with Crippen molar-refractivity contribution in [2.45, 2.75) is 26.8 Å². The van der Waals surface area contributed by atoms with Crippen LogP contribution in [0.1, 0.15) is 35.9 Å². The number of benzene rings is 1. The minimum absolute atomic E-state index is 0.124. The molecular weight excluding hydrogens is 302 g/mol. The third-order valence-electron chi connectivity index (χ3n) is 3.90. The number of rotatable bonds is 3. The Balaban J connectivity index is 2.16. The molecule has 0 spiro atoms. The minimum Gasteiger partial charge on any atom is -0.321 e. The van der Waals surface area contributed by atoms with Crippen molar-refractivity contribution >= 4 is 22.4 Å². The number of hydrogen-bond acceptors (Lipinski definition) is 3. The van der Waals surface area contributed by atoms with Gasteiger partial charge in [0.2, 0.25) is 0 Å². The molecule has 0 aliphatic heterocycles. The van der Waals surface area contributed by atoms with Gasteiger partial charge in [-0.15, -0.1) is 0 Å². The first-order chi connectivity index (χ1) is 11.5. The second kappa shape index (κ2) is 6.28. The van der Waals surface area contributed by atoms with Gasteiger partial charge in [-0.3, -0.25) is 14.6 Å². The van der Waals surface area contributed by atoms with E-state index in [4.69, 9.17) is 0 Å². The van der Waals surface area contributed by atoms with Crippen LogP contribution >= 0.6 is 0 Å². The van der Waals surface area contributed by atoms with Crippen LogP contribution in [-0.2, 0) is 0 Å². The maximum atomic E-state index is 12.9. The quantitative estimate of drug-likeness (QED) is 0.802. The third kappa shape index (κ3) is 2.93. The summed E-state index contributed by atoms with van der Waals surface area (Å²) in [6.45, 7) is 5.74. The van der Waals surface area contributed by atoms with Crippen LogP contribution in [0.25, 0.3) is 10.8 Å². The number of amides is 1. The molecule has 2 aromatic heterocycles. The Morgan fingerprint density at radius 1 is 1.12 bits per heavy atom. The molecule has 3 rings (SSSR count). The average molecular weight is 321 g/mol. The maximum absolute atomic E-state index is 12.9. The zero-order chi connectivity index (χ0) is 17.3. The van der Waals surface area contributed by atoms with Crippen molar-refractivity contribution in [1.29, 1.82) is 0 Å². The number of nitrogens with one attached hydrogen (secondary N) is 1. The first-order valence-electron chi connectivity index (χ1n) is 7.84. The highest BCUT2D eigenvalue weighted by Crippen LogP contribution is 2.18. The molecule has 0 radical (unpaired) electrons. The van der Waals surface area contributed by atoms with Gasteiger partial charge in [-0.05, 0) is 50.4 Å². The number of fused-ring (bicyclic) bond motifs is 1. The van der Waals surface area contributed by atoms with E-state index in [1.165, 1.54) is 4.57 Å². The lowest BCUT2D eigenvalue weighted by Crippen LogP contribution is -2.30. The van der Waals surface area contributed by atoms with Gasteiger partial charge in [-0.25, -0.2) is 0 Å². The largest absolute Gasteiger partial charge is 0.321 e. The highest BCUT2D eigenvalue weighted by atomic mass is 16.2. The summed E-state index contributed by atoms with van der Waals surface area (Å²) in [5.74, 6) is -0.311. The summed E-state index contributed by atoms with van der Waals surface area (Å²) in [5, 5.41) is 4.21. The van der Waals surface area contributed by atoms with Gasteiger partial charge < -0.3 is 9.88 Å². The summed E-state index contributed by atoms with van der Waals surface area (Å²) in [4.78, 5) is 29.5. The van der Waals surface area contributed by atoms with Crippen LogP contribution in [-0.4, -0.2) is 15.5 Å². The minimum atomic E-state index is -0.311. The van der Waals surface area contributed by atoms with Crippen LogP contribution in [0.5, 0.6) is 0 Å². The van der Waals surface area contributed by atoms with Crippen molar-refractivity contribution in [3.05, 3.63) is 70.4 Å². The van der Waals surface area contributed by atoms with Crippen LogP contribution in [0.2, 0.25) is 0 Å². The third-order valence-corrected chi connectivity index (χ3v) is 3.90. The molecule has 5 heteroatoms. The molecule has 0 aliphatic carbocycles. The van der Waals surface area contributed by atoms with Crippen molar-refractivity contribution in [2.75, 3.05) is 5.32 Å². The molecule has 3 aromatic rings. The van der Waals surface area contributed by atoms with E-state index in [9.17, 15) is 9.59 Å². The molecule has 24 heavy (non-hydrogen) atoms. The molecule has 0 aliphatic rings. The van der Waals surface area contributed by atoms with Gasteiger partial charge in [-0.1, -0.05) is 17.7 Å². The summed E-state index contributed by atoms with van der Waals surface area (Å²) in [6.07, 6.45) is 3.21. The summed E-state index contributed by atoms with van der Waals surface area (Å²) in [7, 11) is 0. The first kappa shape index (κ1) is 15.9. The Hall–Kier alpha value is -2.95. The molecule has 1 amide bonds. The summed E-state index contributed by atoms with van der Waals surface area (Å²) >= 11 is 0. The van der Waals surface area contributed by atoms with E-state index in [-0.39, 0.29) is 17.5 Å². The SMILES string of the molecule is Cc1ccc2cc(C(=O)Nc3ccncc3)n(C(C)C)c(=O)c2c1. The zero-order valence-electron chi connectivity index (χ0n) is 13.9. The van der Waals surface area contributed by atoms with Crippen LogP contribution in [0, 0.1) is 6.92 Å². The van der Waals surface area contributed by atoms with E-state index in [0.717, 1.165) is 10.9 Å². The molecule has 122 valence electrons. The highest BCUT2D eigenvalue weighted by Gasteiger charge is 2.17. The molecule has 0 bridgehead atoms. The fraction of sp³-hybridized carbons (Fsp3) is 0.211. The topological polar surface area (TPSA) is 64.0 Å². The second-order valence-corrected chi connectivity index (χ2v) is 6.08. The fourth-order valence-corrected chi connectivity index (χ4v) is 2.76. The van der Waals surface area contributed by atoms with E-state index in [2.05, 4.69) is 10.3 Å². The Kier molecular flexibility index (Phi) is 4.16.